The molecular formula is C19H21Cl2N. The molecule has 3 atom stereocenters. The van der Waals surface area contributed by atoms with E-state index in [9.17, 15) is 0 Å². The van der Waals surface area contributed by atoms with Crippen LogP contribution in [0.3, 0.4) is 0 Å². The first-order valence-corrected chi connectivity index (χ1v) is 8.45. The zero-order valence-corrected chi connectivity index (χ0v) is 14.6. The van der Waals surface area contributed by atoms with E-state index in [-0.39, 0.29) is 17.0 Å². The molecule has 0 bridgehead atoms. The van der Waals surface area contributed by atoms with Crippen molar-refractivity contribution >= 4 is 23.2 Å². The molecule has 0 aromatic heterocycles. The Balaban J connectivity index is 2.00. The van der Waals surface area contributed by atoms with Gasteiger partial charge in [0, 0.05) is 11.1 Å². The number of alkyl halides is 1. The molecule has 116 valence electrons. The second-order valence-corrected chi connectivity index (χ2v) is 7.71. The van der Waals surface area contributed by atoms with E-state index in [0.717, 1.165) is 5.02 Å². The van der Waals surface area contributed by atoms with E-state index in [1.54, 1.807) is 0 Å². The molecule has 3 heteroatoms. The number of halogens is 2. The van der Waals surface area contributed by atoms with E-state index >= 15 is 0 Å². The van der Waals surface area contributed by atoms with Crippen molar-refractivity contribution in [2.24, 2.45) is 0 Å². The number of rotatable bonds is 3. The Morgan fingerprint density at radius 1 is 0.909 bits per heavy atom. The maximum atomic E-state index is 7.01. The highest BCUT2D eigenvalue weighted by molar-refractivity contribution is 6.30. The van der Waals surface area contributed by atoms with Gasteiger partial charge in [0.15, 0.2) is 0 Å². The molecule has 0 radical (unpaired) electrons. The summed E-state index contributed by atoms with van der Waals surface area (Å²) in [6.07, 6.45) is 0. The minimum atomic E-state index is -0.334. The van der Waals surface area contributed by atoms with E-state index in [0.29, 0.717) is 6.04 Å². The van der Waals surface area contributed by atoms with Gasteiger partial charge < -0.3 is 0 Å². The van der Waals surface area contributed by atoms with E-state index < -0.39 is 0 Å². The summed E-state index contributed by atoms with van der Waals surface area (Å²) in [5.41, 5.74) is 2.50. The van der Waals surface area contributed by atoms with Crippen molar-refractivity contribution < 1.29 is 0 Å². The molecule has 0 amide bonds. The van der Waals surface area contributed by atoms with Gasteiger partial charge in [-0.05, 0) is 44.0 Å². The first kappa shape index (κ1) is 15.9. The fourth-order valence-electron chi connectivity index (χ4n) is 3.67. The molecule has 1 unspecified atom stereocenters. The van der Waals surface area contributed by atoms with Crippen LogP contribution in [-0.4, -0.2) is 15.8 Å². The molecule has 1 saturated heterocycles. The Bertz CT molecular complexity index is 634. The van der Waals surface area contributed by atoms with Crippen LogP contribution in [0.2, 0.25) is 5.02 Å². The molecule has 3 rings (SSSR count). The van der Waals surface area contributed by atoms with Crippen molar-refractivity contribution in [1.29, 1.82) is 0 Å². The van der Waals surface area contributed by atoms with E-state index in [1.165, 1.54) is 11.1 Å². The minimum Gasteiger partial charge on any atom is -0.283 e. The van der Waals surface area contributed by atoms with Gasteiger partial charge in [-0.1, -0.05) is 54.1 Å². The standard InChI is InChI=1S/C19H21Cl2N/c1-13(2)22-17(14-7-5-4-6-8-14)19(3,21)18(22)15-9-11-16(20)12-10-15/h4-13,17-18H,1-3H3/t17-,18+,19?/m0/s1. The van der Waals surface area contributed by atoms with Crippen molar-refractivity contribution in [1.82, 2.24) is 4.90 Å². The van der Waals surface area contributed by atoms with Gasteiger partial charge in [0.1, 0.15) is 0 Å². The lowest BCUT2D eigenvalue weighted by Crippen LogP contribution is -2.63. The van der Waals surface area contributed by atoms with Gasteiger partial charge in [-0.25, -0.2) is 0 Å². The number of benzene rings is 2. The average molecular weight is 334 g/mol. The summed E-state index contributed by atoms with van der Waals surface area (Å²) >= 11 is 13.0. The van der Waals surface area contributed by atoms with Gasteiger partial charge >= 0.3 is 0 Å². The second kappa shape index (κ2) is 5.88. The lowest BCUT2D eigenvalue weighted by molar-refractivity contribution is -0.0580. The van der Waals surface area contributed by atoms with Crippen LogP contribution in [-0.2, 0) is 0 Å². The van der Waals surface area contributed by atoms with Gasteiger partial charge in [-0.2, -0.15) is 0 Å². The molecule has 2 aromatic carbocycles. The molecule has 0 saturated carbocycles. The monoisotopic (exact) mass is 333 g/mol. The van der Waals surface area contributed by atoms with E-state index in [2.05, 4.69) is 62.1 Å². The minimum absolute atomic E-state index is 0.191. The van der Waals surface area contributed by atoms with Crippen molar-refractivity contribution in [2.75, 3.05) is 0 Å². The molecule has 1 aliphatic rings. The molecule has 1 nitrogen and oxygen atoms in total. The quantitative estimate of drug-likeness (QED) is 0.637. The molecule has 1 heterocycles. The fourth-order valence-corrected chi connectivity index (χ4v) is 4.28. The van der Waals surface area contributed by atoms with Crippen LogP contribution in [0.4, 0.5) is 0 Å². The Hall–Kier alpha value is -1.02. The highest BCUT2D eigenvalue weighted by Crippen LogP contribution is 2.60. The third-order valence-electron chi connectivity index (χ3n) is 4.56. The lowest BCUT2D eigenvalue weighted by atomic mass is 9.72. The smallest absolute Gasteiger partial charge is 0.0811 e. The van der Waals surface area contributed by atoms with E-state index in [1.807, 2.05) is 18.2 Å². The average Bonchev–Trinajstić information content (AvgIpc) is 2.48. The van der Waals surface area contributed by atoms with Gasteiger partial charge in [0.2, 0.25) is 0 Å². The van der Waals surface area contributed by atoms with Crippen LogP contribution in [0.1, 0.15) is 44.0 Å². The first-order valence-electron chi connectivity index (χ1n) is 7.69. The number of hydrogen-bond donors (Lipinski definition) is 0. The number of likely N-dealkylation sites (tertiary alicyclic amines) is 1. The molecule has 0 aliphatic carbocycles. The first-order chi connectivity index (χ1) is 10.4. The molecule has 1 aliphatic heterocycles. The van der Waals surface area contributed by atoms with Gasteiger partial charge in [-0.3, -0.25) is 4.90 Å². The Morgan fingerprint density at radius 3 is 1.91 bits per heavy atom. The van der Waals surface area contributed by atoms with Crippen LogP contribution in [0.25, 0.3) is 0 Å². The van der Waals surface area contributed by atoms with Crippen molar-refractivity contribution in [3.63, 3.8) is 0 Å². The number of hydrogen-bond acceptors (Lipinski definition) is 1. The third-order valence-corrected chi connectivity index (χ3v) is 5.23. The van der Waals surface area contributed by atoms with Crippen LogP contribution in [0, 0.1) is 0 Å². The predicted octanol–water partition coefficient (Wildman–Crippen LogP) is 5.84. The van der Waals surface area contributed by atoms with Gasteiger partial charge in [-0.15, -0.1) is 11.6 Å². The summed E-state index contributed by atoms with van der Waals surface area (Å²) in [5.74, 6) is 0. The summed E-state index contributed by atoms with van der Waals surface area (Å²) < 4.78 is 0. The van der Waals surface area contributed by atoms with Crippen LogP contribution in [0.5, 0.6) is 0 Å². The van der Waals surface area contributed by atoms with Crippen LogP contribution in [0.15, 0.2) is 54.6 Å². The SMILES string of the molecule is CC(C)N1[C@@H](c2ccccc2)C(C)(Cl)[C@H]1c1ccc(Cl)cc1. The summed E-state index contributed by atoms with van der Waals surface area (Å²) in [7, 11) is 0. The highest BCUT2D eigenvalue weighted by atomic mass is 35.5. The molecule has 0 spiro atoms. The normalized spacial score (nSPS) is 28.6. The maximum Gasteiger partial charge on any atom is 0.0811 e. The summed E-state index contributed by atoms with van der Waals surface area (Å²) in [5, 5.41) is 0.759. The zero-order valence-electron chi connectivity index (χ0n) is 13.1. The Labute approximate surface area is 142 Å². The molecule has 1 fully saturated rings. The third kappa shape index (κ3) is 2.56. The van der Waals surface area contributed by atoms with Crippen molar-refractivity contribution in [3.05, 3.63) is 70.7 Å². The van der Waals surface area contributed by atoms with Crippen molar-refractivity contribution in [2.45, 2.75) is 43.8 Å². The van der Waals surface area contributed by atoms with Crippen LogP contribution >= 0.6 is 23.2 Å². The lowest BCUT2D eigenvalue weighted by Gasteiger charge is -2.61. The Kier molecular flexibility index (Phi) is 4.24. The summed E-state index contributed by atoms with van der Waals surface area (Å²) in [6, 6.07) is 19.4. The molecule has 22 heavy (non-hydrogen) atoms. The van der Waals surface area contributed by atoms with Gasteiger partial charge in [0.25, 0.3) is 0 Å². The predicted molar refractivity (Wildman–Crippen MR) is 94.6 cm³/mol. The summed E-state index contributed by atoms with van der Waals surface area (Å²) in [4.78, 5) is 2.16. The largest absolute Gasteiger partial charge is 0.283 e. The molecular weight excluding hydrogens is 313 g/mol. The second-order valence-electron chi connectivity index (χ2n) is 6.46. The van der Waals surface area contributed by atoms with E-state index in [4.69, 9.17) is 23.2 Å². The highest BCUT2D eigenvalue weighted by Gasteiger charge is 2.58. The van der Waals surface area contributed by atoms with Crippen LogP contribution < -0.4 is 0 Å². The zero-order chi connectivity index (χ0) is 15.9. The van der Waals surface area contributed by atoms with Gasteiger partial charge in [0.05, 0.1) is 17.0 Å². The Morgan fingerprint density at radius 2 is 1.41 bits per heavy atom. The van der Waals surface area contributed by atoms with Crippen molar-refractivity contribution in [3.8, 4) is 0 Å². The maximum absolute atomic E-state index is 7.01. The fraction of sp³-hybridized carbons (Fsp3) is 0.368. The summed E-state index contributed by atoms with van der Waals surface area (Å²) in [6.45, 7) is 6.60. The number of nitrogens with zero attached hydrogens (tertiary/aromatic N) is 1. The molecule has 2 aromatic rings. The molecule has 0 N–H and O–H groups in total. The topological polar surface area (TPSA) is 3.24 Å².